The van der Waals surface area contributed by atoms with E-state index in [0.717, 1.165) is 0 Å². The Hall–Kier alpha value is -3.62. The van der Waals surface area contributed by atoms with Crippen LogP contribution in [0.25, 0.3) is 11.4 Å². The van der Waals surface area contributed by atoms with E-state index in [1.54, 1.807) is 39.3 Å². The number of ketones is 1. The number of aromatic amines is 1. The number of methoxy groups -OCH3 is 2. The van der Waals surface area contributed by atoms with Crippen molar-refractivity contribution in [2.45, 2.75) is 33.6 Å². The molecule has 0 radical (unpaired) electrons. The van der Waals surface area contributed by atoms with Gasteiger partial charge in [-0.05, 0) is 24.5 Å². The summed E-state index contributed by atoms with van der Waals surface area (Å²) in [5.41, 5.74) is 1.52. The minimum absolute atomic E-state index is 0.00154. The number of anilines is 1. The molecule has 0 unspecified atom stereocenters. The second-order valence-corrected chi connectivity index (χ2v) is 8.32. The number of amides is 1. The van der Waals surface area contributed by atoms with Gasteiger partial charge in [0, 0.05) is 24.5 Å². The first-order chi connectivity index (χ1) is 14.7. The van der Waals surface area contributed by atoms with Crippen molar-refractivity contribution in [2.75, 3.05) is 19.5 Å². The van der Waals surface area contributed by atoms with Crippen LogP contribution >= 0.6 is 0 Å². The monoisotopic (exact) mass is 424 g/mol. The molecule has 1 aliphatic carbocycles. The zero-order valence-electron chi connectivity index (χ0n) is 18.1. The van der Waals surface area contributed by atoms with Gasteiger partial charge in [0.05, 0.1) is 25.3 Å². The number of ether oxygens (including phenoxy) is 2. The molecule has 0 fully saturated rings. The third-order valence-electron chi connectivity index (χ3n) is 5.36. The molecule has 0 saturated heterocycles. The summed E-state index contributed by atoms with van der Waals surface area (Å²) in [6, 6.07) is 5.28. The highest BCUT2D eigenvalue weighted by Crippen LogP contribution is 2.38. The van der Waals surface area contributed by atoms with Crippen molar-refractivity contribution in [1.29, 1.82) is 0 Å². The Kier molecular flexibility index (Phi) is 5.04. The molecule has 9 nitrogen and oxygen atoms in total. The number of Topliss-reactive ketones (excluding diaryl/α,β-unsaturated/α-hetero) is 1. The largest absolute Gasteiger partial charge is 0.497 e. The van der Waals surface area contributed by atoms with E-state index >= 15 is 0 Å². The Morgan fingerprint density at radius 3 is 2.71 bits per heavy atom. The van der Waals surface area contributed by atoms with E-state index in [1.165, 1.54) is 0 Å². The molecule has 0 bridgehead atoms. The molecule has 2 heterocycles. The minimum atomic E-state index is -0.509. The van der Waals surface area contributed by atoms with Gasteiger partial charge in [0.25, 0.3) is 5.91 Å². The van der Waals surface area contributed by atoms with Crippen LogP contribution in [0.15, 0.2) is 22.6 Å². The number of carbonyl (C=O) groups is 2. The number of aromatic nitrogens is 3. The molecule has 2 N–H and O–H groups in total. The Balaban J connectivity index is 1.58. The first-order valence-electron chi connectivity index (χ1n) is 9.84. The first kappa shape index (κ1) is 20.6. The molecule has 31 heavy (non-hydrogen) atoms. The van der Waals surface area contributed by atoms with Crippen LogP contribution in [0.3, 0.4) is 0 Å². The van der Waals surface area contributed by atoms with E-state index < -0.39 is 5.91 Å². The molecule has 1 aliphatic rings. The normalized spacial score (nSPS) is 14.8. The molecule has 0 saturated carbocycles. The van der Waals surface area contributed by atoms with E-state index in [-0.39, 0.29) is 22.9 Å². The Labute approximate surface area is 179 Å². The summed E-state index contributed by atoms with van der Waals surface area (Å²) in [5.74, 6) is 1.84. The zero-order chi connectivity index (χ0) is 22.3. The Morgan fingerprint density at radius 2 is 2.00 bits per heavy atom. The van der Waals surface area contributed by atoms with Crippen LogP contribution in [0.4, 0.5) is 5.95 Å². The van der Waals surface area contributed by atoms with Crippen LogP contribution in [0.2, 0.25) is 0 Å². The topological polar surface area (TPSA) is 119 Å². The summed E-state index contributed by atoms with van der Waals surface area (Å²) in [7, 11) is 3.11. The van der Waals surface area contributed by atoms with Gasteiger partial charge in [0.15, 0.2) is 17.4 Å². The second kappa shape index (κ2) is 7.57. The lowest BCUT2D eigenvalue weighted by Crippen LogP contribution is -2.26. The number of carbonyl (C=O) groups excluding carboxylic acids is 2. The number of hydrogen-bond donors (Lipinski definition) is 2. The van der Waals surface area contributed by atoms with Gasteiger partial charge in [0.2, 0.25) is 5.95 Å². The standard InChI is InChI=1S/C22H24N4O5/c1-11-17-14(27)9-22(2,3)10-16(17)31-18(11)20(28)24-21-23-19(25-26-21)13-7-6-12(29-4)8-15(13)30-5/h6-8H,9-10H2,1-5H3,(H2,23,24,25,26,28). The lowest BCUT2D eigenvalue weighted by Gasteiger charge is -2.27. The predicted molar refractivity (Wildman–Crippen MR) is 113 cm³/mol. The fourth-order valence-electron chi connectivity index (χ4n) is 3.89. The number of hydrogen-bond acceptors (Lipinski definition) is 7. The molecule has 9 heteroatoms. The van der Waals surface area contributed by atoms with Gasteiger partial charge >= 0.3 is 0 Å². The smallest absolute Gasteiger partial charge is 0.294 e. The van der Waals surface area contributed by atoms with Crippen molar-refractivity contribution in [3.05, 3.63) is 40.8 Å². The number of benzene rings is 1. The van der Waals surface area contributed by atoms with E-state index in [1.807, 2.05) is 13.8 Å². The molecule has 1 amide bonds. The number of nitrogens with zero attached hydrogens (tertiary/aromatic N) is 2. The van der Waals surface area contributed by atoms with Crippen molar-refractivity contribution in [2.24, 2.45) is 5.41 Å². The molecule has 2 aromatic heterocycles. The fourth-order valence-corrected chi connectivity index (χ4v) is 3.89. The van der Waals surface area contributed by atoms with Gasteiger partial charge < -0.3 is 13.9 Å². The predicted octanol–water partition coefficient (Wildman–Crippen LogP) is 3.80. The molecule has 162 valence electrons. The van der Waals surface area contributed by atoms with Crippen molar-refractivity contribution in [1.82, 2.24) is 15.2 Å². The average Bonchev–Trinajstić information content (AvgIpc) is 3.30. The molecule has 4 rings (SSSR count). The maximum Gasteiger partial charge on any atom is 0.294 e. The molecular weight excluding hydrogens is 400 g/mol. The lowest BCUT2D eigenvalue weighted by molar-refractivity contribution is 0.0898. The maximum absolute atomic E-state index is 12.8. The summed E-state index contributed by atoms with van der Waals surface area (Å²) >= 11 is 0. The third kappa shape index (κ3) is 3.78. The second-order valence-electron chi connectivity index (χ2n) is 8.32. The molecule has 1 aromatic carbocycles. The van der Waals surface area contributed by atoms with Crippen LogP contribution in [0.1, 0.15) is 52.5 Å². The number of nitrogens with one attached hydrogen (secondary N) is 2. The Bertz CT molecular complexity index is 1170. The summed E-state index contributed by atoms with van der Waals surface area (Å²) < 4.78 is 16.4. The van der Waals surface area contributed by atoms with E-state index in [0.29, 0.717) is 52.6 Å². The minimum Gasteiger partial charge on any atom is -0.497 e. The van der Waals surface area contributed by atoms with Gasteiger partial charge in [-0.2, -0.15) is 4.98 Å². The molecule has 0 spiro atoms. The number of furan rings is 1. The fraction of sp³-hybridized carbons (Fsp3) is 0.364. The van der Waals surface area contributed by atoms with Crippen molar-refractivity contribution < 1.29 is 23.5 Å². The van der Waals surface area contributed by atoms with Crippen LogP contribution in [0.5, 0.6) is 11.5 Å². The average molecular weight is 424 g/mol. The molecular formula is C22H24N4O5. The van der Waals surface area contributed by atoms with E-state index in [9.17, 15) is 9.59 Å². The highest BCUT2D eigenvalue weighted by molar-refractivity contribution is 6.07. The van der Waals surface area contributed by atoms with Crippen LogP contribution < -0.4 is 14.8 Å². The van der Waals surface area contributed by atoms with Crippen molar-refractivity contribution >= 4 is 17.6 Å². The van der Waals surface area contributed by atoms with E-state index in [4.69, 9.17) is 13.9 Å². The molecule has 0 atom stereocenters. The lowest BCUT2D eigenvalue weighted by atomic mass is 9.76. The summed E-state index contributed by atoms with van der Waals surface area (Å²) in [6.07, 6.45) is 1.03. The molecule has 0 aliphatic heterocycles. The summed E-state index contributed by atoms with van der Waals surface area (Å²) in [6.45, 7) is 5.74. The highest BCUT2D eigenvalue weighted by Gasteiger charge is 2.37. The number of H-pyrrole nitrogens is 1. The number of fused-ring (bicyclic) bond motifs is 1. The van der Waals surface area contributed by atoms with Crippen molar-refractivity contribution in [3.63, 3.8) is 0 Å². The highest BCUT2D eigenvalue weighted by atomic mass is 16.5. The van der Waals surface area contributed by atoms with Gasteiger partial charge in [0.1, 0.15) is 17.3 Å². The first-order valence-corrected chi connectivity index (χ1v) is 9.84. The van der Waals surface area contributed by atoms with E-state index in [2.05, 4.69) is 20.5 Å². The van der Waals surface area contributed by atoms with Gasteiger partial charge in [-0.3, -0.25) is 20.0 Å². The van der Waals surface area contributed by atoms with Crippen molar-refractivity contribution in [3.8, 4) is 22.9 Å². The Morgan fingerprint density at radius 1 is 1.23 bits per heavy atom. The maximum atomic E-state index is 12.8. The number of rotatable bonds is 5. The third-order valence-corrected chi connectivity index (χ3v) is 5.36. The van der Waals surface area contributed by atoms with Crippen LogP contribution in [-0.2, 0) is 6.42 Å². The van der Waals surface area contributed by atoms with Crippen LogP contribution in [-0.4, -0.2) is 41.1 Å². The molecule has 3 aromatic rings. The van der Waals surface area contributed by atoms with Gasteiger partial charge in [-0.15, -0.1) is 5.10 Å². The van der Waals surface area contributed by atoms with Crippen LogP contribution in [0, 0.1) is 12.3 Å². The summed E-state index contributed by atoms with van der Waals surface area (Å²) in [4.78, 5) is 29.7. The zero-order valence-corrected chi connectivity index (χ0v) is 18.1. The summed E-state index contributed by atoms with van der Waals surface area (Å²) in [5, 5.41) is 9.48. The quantitative estimate of drug-likeness (QED) is 0.639. The van der Waals surface area contributed by atoms with Gasteiger partial charge in [-0.25, -0.2) is 0 Å². The van der Waals surface area contributed by atoms with Gasteiger partial charge in [-0.1, -0.05) is 13.8 Å². The SMILES string of the molecule is COc1ccc(-c2nc(NC(=O)c3oc4c(c3C)C(=O)CC(C)(C)C4)n[nH]2)c(OC)c1.